The van der Waals surface area contributed by atoms with Crippen LogP contribution in [-0.2, 0) is 11.2 Å². The normalized spacial score (nSPS) is 12.9. The first-order valence-corrected chi connectivity index (χ1v) is 7.36. The van der Waals surface area contributed by atoms with Crippen LogP contribution in [0.2, 0.25) is 0 Å². The molecule has 0 aliphatic heterocycles. The summed E-state index contributed by atoms with van der Waals surface area (Å²) in [6, 6.07) is 4.42. The number of ether oxygens (including phenoxy) is 1. The molecule has 0 fully saturated rings. The molecule has 0 radical (unpaired) electrons. The van der Waals surface area contributed by atoms with Crippen LogP contribution in [0.25, 0.3) is 0 Å². The molecule has 102 valence electrons. The van der Waals surface area contributed by atoms with E-state index in [9.17, 15) is 0 Å². The molecule has 0 bridgehead atoms. The van der Waals surface area contributed by atoms with Gasteiger partial charge in [-0.25, -0.2) is 0 Å². The zero-order valence-electron chi connectivity index (χ0n) is 11.4. The van der Waals surface area contributed by atoms with Crippen molar-refractivity contribution >= 4 is 15.9 Å². The Kier molecular flexibility index (Phi) is 7.47. The average molecular weight is 315 g/mol. The van der Waals surface area contributed by atoms with E-state index in [4.69, 9.17) is 4.74 Å². The van der Waals surface area contributed by atoms with E-state index in [1.165, 1.54) is 0 Å². The minimum Gasteiger partial charge on any atom is -0.377 e. The van der Waals surface area contributed by atoms with Crippen molar-refractivity contribution in [3.05, 3.63) is 28.5 Å². The highest BCUT2D eigenvalue weighted by Gasteiger charge is 2.10. The second-order valence-corrected chi connectivity index (χ2v) is 5.62. The third-order valence-electron chi connectivity index (χ3n) is 2.56. The molecule has 0 spiro atoms. The fourth-order valence-corrected chi connectivity index (χ4v) is 1.86. The summed E-state index contributed by atoms with van der Waals surface area (Å²) in [4.78, 5) is 4.41. The van der Waals surface area contributed by atoms with Gasteiger partial charge in [0.2, 0.25) is 0 Å². The Bertz CT molecular complexity index is 327. The molecule has 1 rings (SSSR count). The summed E-state index contributed by atoms with van der Waals surface area (Å²) in [6.45, 7) is 8.05. The number of aromatic nitrogens is 1. The summed E-state index contributed by atoms with van der Waals surface area (Å²) in [6.07, 6.45) is 4.15. The van der Waals surface area contributed by atoms with Gasteiger partial charge in [-0.3, -0.25) is 4.98 Å². The van der Waals surface area contributed by atoms with E-state index in [1.54, 1.807) is 0 Å². The Balaban J connectivity index is 2.50. The maximum Gasteiger partial charge on any atom is 0.0626 e. The van der Waals surface area contributed by atoms with Gasteiger partial charge in [-0.05, 0) is 54.9 Å². The van der Waals surface area contributed by atoms with Crippen molar-refractivity contribution in [3.63, 3.8) is 0 Å². The molecular formula is C14H23BrN2O. The highest BCUT2D eigenvalue weighted by molar-refractivity contribution is 9.10. The van der Waals surface area contributed by atoms with E-state index in [1.807, 2.05) is 12.3 Å². The summed E-state index contributed by atoms with van der Waals surface area (Å²) in [5, 5.41) is 3.51. The molecule has 1 aromatic heterocycles. The summed E-state index contributed by atoms with van der Waals surface area (Å²) < 4.78 is 6.71. The van der Waals surface area contributed by atoms with Gasteiger partial charge in [-0.2, -0.15) is 0 Å². The Morgan fingerprint density at radius 1 is 1.39 bits per heavy atom. The van der Waals surface area contributed by atoms with E-state index in [0.29, 0.717) is 6.04 Å². The molecule has 1 atom stereocenters. The Labute approximate surface area is 118 Å². The molecule has 0 amide bonds. The van der Waals surface area contributed by atoms with E-state index >= 15 is 0 Å². The van der Waals surface area contributed by atoms with Crippen molar-refractivity contribution in [1.29, 1.82) is 0 Å². The van der Waals surface area contributed by atoms with Crippen LogP contribution in [0.1, 0.15) is 32.9 Å². The van der Waals surface area contributed by atoms with Gasteiger partial charge in [0.15, 0.2) is 0 Å². The van der Waals surface area contributed by atoms with Crippen LogP contribution in [-0.4, -0.2) is 30.3 Å². The summed E-state index contributed by atoms with van der Waals surface area (Å²) in [7, 11) is 0. The minimum absolute atomic E-state index is 0.272. The monoisotopic (exact) mass is 314 g/mol. The first-order valence-electron chi connectivity index (χ1n) is 6.57. The van der Waals surface area contributed by atoms with Gasteiger partial charge >= 0.3 is 0 Å². The highest BCUT2D eigenvalue weighted by Crippen LogP contribution is 2.09. The van der Waals surface area contributed by atoms with Gasteiger partial charge in [0.05, 0.1) is 12.7 Å². The quantitative estimate of drug-likeness (QED) is 0.800. The van der Waals surface area contributed by atoms with Gasteiger partial charge in [-0.15, -0.1) is 0 Å². The maximum atomic E-state index is 5.70. The lowest BCUT2D eigenvalue weighted by molar-refractivity contribution is 0.0611. The van der Waals surface area contributed by atoms with Gasteiger partial charge in [0.1, 0.15) is 0 Å². The molecule has 1 N–H and O–H groups in total. The third-order valence-corrected chi connectivity index (χ3v) is 3.03. The summed E-state index contributed by atoms with van der Waals surface area (Å²) >= 11 is 3.40. The van der Waals surface area contributed by atoms with Crippen LogP contribution in [0.15, 0.2) is 22.8 Å². The predicted octanol–water partition coefficient (Wildman–Crippen LogP) is 3.18. The smallest absolute Gasteiger partial charge is 0.0626 e. The molecule has 4 heteroatoms. The number of hydrogen-bond acceptors (Lipinski definition) is 3. The number of nitrogens with zero attached hydrogens (tertiary/aromatic N) is 1. The van der Waals surface area contributed by atoms with Crippen LogP contribution in [0, 0.1) is 0 Å². The molecule has 0 saturated carbocycles. The molecule has 0 aromatic carbocycles. The highest BCUT2D eigenvalue weighted by atomic mass is 79.9. The third kappa shape index (κ3) is 6.47. The van der Waals surface area contributed by atoms with Gasteiger partial charge in [0, 0.05) is 28.8 Å². The Morgan fingerprint density at radius 3 is 2.72 bits per heavy atom. The maximum absolute atomic E-state index is 5.70. The van der Waals surface area contributed by atoms with Crippen LogP contribution in [0.4, 0.5) is 0 Å². The van der Waals surface area contributed by atoms with Crippen LogP contribution >= 0.6 is 15.9 Å². The summed E-state index contributed by atoms with van der Waals surface area (Å²) in [5.41, 5.74) is 1.10. The number of rotatable bonds is 8. The lowest BCUT2D eigenvalue weighted by Gasteiger charge is -2.19. The number of hydrogen-bond donors (Lipinski definition) is 1. The van der Waals surface area contributed by atoms with E-state index in [2.05, 4.69) is 53.1 Å². The molecule has 18 heavy (non-hydrogen) atoms. The van der Waals surface area contributed by atoms with Gasteiger partial charge in [-0.1, -0.05) is 6.92 Å². The molecule has 0 aliphatic rings. The molecule has 1 unspecified atom stereocenters. The number of pyridine rings is 1. The van der Waals surface area contributed by atoms with Crippen molar-refractivity contribution in [3.8, 4) is 0 Å². The zero-order valence-corrected chi connectivity index (χ0v) is 13.0. The van der Waals surface area contributed by atoms with Gasteiger partial charge in [0.25, 0.3) is 0 Å². The van der Waals surface area contributed by atoms with Crippen LogP contribution in [0.5, 0.6) is 0 Å². The molecule has 1 aromatic rings. The van der Waals surface area contributed by atoms with Crippen LogP contribution < -0.4 is 5.32 Å². The fraction of sp³-hybridized carbons (Fsp3) is 0.643. The standard InChI is InChI=1S/C14H23BrN2O/c1-4-7-16-14(10-18-11(2)3)8-13-6-5-12(15)9-17-13/h5-6,9,11,14,16H,4,7-8,10H2,1-3H3. The van der Waals surface area contributed by atoms with Crippen molar-refractivity contribution < 1.29 is 4.74 Å². The van der Waals surface area contributed by atoms with E-state index in [0.717, 1.165) is 36.2 Å². The summed E-state index contributed by atoms with van der Waals surface area (Å²) in [5.74, 6) is 0. The van der Waals surface area contributed by atoms with Gasteiger partial charge < -0.3 is 10.1 Å². The molecule has 0 aliphatic carbocycles. The largest absolute Gasteiger partial charge is 0.377 e. The predicted molar refractivity (Wildman–Crippen MR) is 78.8 cm³/mol. The second-order valence-electron chi connectivity index (χ2n) is 4.71. The van der Waals surface area contributed by atoms with Crippen molar-refractivity contribution in [1.82, 2.24) is 10.3 Å². The lowest BCUT2D eigenvalue weighted by atomic mass is 10.1. The Morgan fingerprint density at radius 2 is 2.17 bits per heavy atom. The molecule has 3 nitrogen and oxygen atoms in total. The SMILES string of the molecule is CCCNC(COC(C)C)Cc1ccc(Br)cn1. The molecular weight excluding hydrogens is 292 g/mol. The molecule has 0 saturated heterocycles. The van der Waals surface area contributed by atoms with E-state index in [-0.39, 0.29) is 6.10 Å². The van der Waals surface area contributed by atoms with Crippen molar-refractivity contribution in [2.75, 3.05) is 13.2 Å². The number of nitrogens with one attached hydrogen (secondary N) is 1. The number of halogens is 1. The lowest BCUT2D eigenvalue weighted by Crippen LogP contribution is -2.37. The molecule has 1 heterocycles. The zero-order chi connectivity index (χ0) is 13.4. The first kappa shape index (κ1) is 15.6. The van der Waals surface area contributed by atoms with Crippen LogP contribution in [0.3, 0.4) is 0 Å². The Hall–Kier alpha value is -0.450. The average Bonchev–Trinajstić information content (AvgIpc) is 2.35. The fourth-order valence-electron chi connectivity index (χ4n) is 1.63. The van der Waals surface area contributed by atoms with E-state index < -0.39 is 0 Å². The second kappa shape index (κ2) is 8.62. The minimum atomic E-state index is 0.272. The first-order chi connectivity index (χ1) is 8.61. The van der Waals surface area contributed by atoms with Crippen molar-refractivity contribution in [2.24, 2.45) is 0 Å². The van der Waals surface area contributed by atoms with Crippen molar-refractivity contribution in [2.45, 2.75) is 45.8 Å². The topological polar surface area (TPSA) is 34.1 Å².